The highest BCUT2D eigenvalue weighted by Gasteiger charge is 2.26. The second kappa shape index (κ2) is 11.8. The standard InChI is InChI=1S/C19H29N3O2.2ClH/c20-18(16-8-13-24-14-9-16)19(23)21-17-5-3-15(4-6-17)7-12-22-10-1-2-11-22;;/h3-6,16,18H,1-2,7-14,20H2,(H,21,23);2*1H. The van der Waals surface area contributed by atoms with E-state index in [0.717, 1.165) is 31.5 Å². The number of hydrogen-bond donors (Lipinski definition) is 2. The zero-order valence-electron chi connectivity index (χ0n) is 15.2. The van der Waals surface area contributed by atoms with E-state index in [1.807, 2.05) is 12.1 Å². The summed E-state index contributed by atoms with van der Waals surface area (Å²) < 4.78 is 5.33. The molecule has 2 aliphatic rings. The van der Waals surface area contributed by atoms with Crippen LogP contribution in [0.2, 0.25) is 0 Å². The van der Waals surface area contributed by atoms with Gasteiger partial charge in [0.1, 0.15) is 0 Å². The van der Waals surface area contributed by atoms with Crippen molar-refractivity contribution in [1.82, 2.24) is 4.90 Å². The second-order valence-electron chi connectivity index (χ2n) is 6.96. The van der Waals surface area contributed by atoms with E-state index in [0.29, 0.717) is 13.2 Å². The van der Waals surface area contributed by atoms with Crippen LogP contribution in [0.1, 0.15) is 31.2 Å². The molecule has 0 radical (unpaired) electrons. The van der Waals surface area contributed by atoms with Gasteiger partial charge in [0.2, 0.25) is 5.91 Å². The van der Waals surface area contributed by atoms with E-state index in [1.165, 1.54) is 31.5 Å². The quantitative estimate of drug-likeness (QED) is 0.765. The lowest BCUT2D eigenvalue weighted by Crippen LogP contribution is -2.43. The molecule has 0 spiro atoms. The predicted octanol–water partition coefficient (Wildman–Crippen LogP) is 2.86. The number of nitrogens with two attached hydrogens (primary N) is 1. The van der Waals surface area contributed by atoms with Gasteiger partial charge in [-0.3, -0.25) is 4.79 Å². The third kappa shape index (κ3) is 6.71. The van der Waals surface area contributed by atoms with Crippen LogP contribution in [0.3, 0.4) is 0 Å². The molecule has 2 saturated heterocycles. The highest BCUT2D eigenvalue weighted by molar-refractivity contribution is 5.94. The van der Waals surface area contributed by atoms with Crippen molar-refractivity contribution in [2.75, 3.05) is 38.2 Å². The molecular weight excluding hydrogens is 373 g/mol. The molecule has 1 atom stereocenters. The van der Waals surface area contributed by atoms with Gasteiger partial charge in [-0.2, -0.15) is 0 Å². The van der Waals surface area contributed by atoms with Gasteiger partial charge in [-0.15, -0.1) is 24.8 Å². The fraction of sp³-hybridized carbons (Fsp3) is 0.632. The number of anilines is 1. The summed E-state index contributed by atoms with van der Waals surface area (Å²) >= 11 is 0. The van der Waals surface area contributed by atoms with Crippen LogP contribution in [-0.4, -0.2) is 49.7 Å². The zero-order chi connectivity index (χ0) is 16.8. The van der Waals surface area contributed by atoms with Crippen molar-refractivity contribution < 1.29 is 9.53 Å². The molecule has 148 valence electrons. The molecule has 1 amide bonds. The first-order chi connectivity index (χ1) is 11.7. The summed E-state index contributed by atoms with van der Waals surface area (Å²) in [5.74, 6) is 0.130. The molecule has 26 heavy (non-hydrogen) atoms. The number of nitrogens with zero attached hydrogens (tertiary/aromatic N) is 1. The number of carbonyl (C=O) groups excluding carboxylic acids is 1. The Bertz CT molecular complexity index is 530. The highest BCUT2D eigenvalue weighted by Crippen LogP contribution is 2.19. The van der Waals surface area contributed by atoms with Gasteiger partial charge in [0, 0.05) is 25.4 Å². The molecule has 5 nitrogen and oxygen atoms in total. The molecule has 1 aromatic rings. The van der Waals surface area contributed by atoms with Crippen molar-refractivity contribution in [2.45, 2.75) is 38.1 Å². The lowest BCUT2D eigenvalue weighted by Gasteiger charge is -2.26. The minimum Gasteiger partial charge on any atom is -0.381 e. The van der Waals surface area contributed by atoms with Gasteiger partial charge in [0.05, 0.1) is 6.04 Å². The molecule has 7 heteroatoms. The summed E-state index contributed by atoms with van der Waals surface area (Å²) in [4.78, 5) is 14.8. The Morgan fingerprint density at radius 1 is 1.15 bits per heavy atom. The molecule has 2 aliphatic heterocycles. The first-order valence-electron chi connectivity index (χ1n) is 9.18. The summed E-state index contributed by atoms with van der Waals surface area (Å²) in [5.41, 5.74) is 8.25. The number of benzene rings is 1. The van der Waals surface area contributed by atoms with Crippen LogP contribution in [0.15, 0.2) is 24.3 Å². The molecule has 3 N–H and O–H groups in total. The van der Waals surface area contributed by atoms with E-state index >= 15 is 0 Å². The first-order valence-corrected chi connectivity index (χ1v) is 9.18. The highest BCUT2D eigenvalue weighted by atomic mass is 35.5. The maximum absolute atomic E-state index is 12.3. The lowest BCUT2D eigenvalue weighted by molar-refractivity contribution is -0.119. The number of hydrogen-bond acceptors (Lipinski definition) is 4. The Balaban J connectivity index is 0.00000169. The SMILES string of the molecule is Cl.Cl.NC(C(=O)Nc1ccc(CCN2CCCC2)cc1)C1CCOCC1. The first kappa shape index (κ1) is 23.2. The van der Waals surface area contributed by atoms with E-state index in [2.05, 4.69) is 22.3 Å². The lowest BCUT2D eigenvalue weighted by atomic mass is 9.92. The molecule has 0 aliphatic carbocycles. The van der Waals surface area contributed by atoms with Crippen LogP contribution in [0.5, 0.6) is 0 Å². The van der Waals surface area contributed by atoms with E-state index in [1.54, 1.807) is 0 Å². The topological polar surface area (TPSA) is 67.6 Å². The number of ether oxygens (including phenoxy) is 1. The van der Waals surface area contributed by atoms with Crippen molar-refractivity contribution in [3.8, 4) is 0 Å². The van der Waals surface area contributed by atoms with Gasteiger partial charge in [-0.1, -0.05) is 12.1 Å². The largest absolute Gasteiger partial charge is 0.381 e. The van der Waals surface area contributed by atoms with Crippen LogP contribution in [0.4, 0.5) is 5.69 Å². The van der Waals surface area contributed by atoms with Gasteiger partial charge in [0.15, 0.2) is 0 Å². The van der Waals surface area contributed by atoms with E-state index < -0.39 is 6.04 Å². The average molecular weight is 404 g/mol. The minimum atomic E-state index is -0.455. The Hall–Kier alpha value is -0.850. The van der Waals surface area contributed by atoms with Gasteiger partial charge in [0.25, 0.3) is 0 Å². The summed E-state index contributed by atoms with van der Waals surface area (Å²) in [6, 6.07) is 7.71. The van der Waals surface area contributed by atoms with Crippen LogP contribution >= 0.6 is 24.8 Å². The summed E-state index contributed by atoms with van der Waals surface area (Å²) in [5, 5.41) is 2.95. The van der Waals surface area contributed by atoms with Crippen LogP contribution in [-0.2, 0) is 16.0 Å². The number of likely N-dealkylation sites (tertiary alicyclic amines) is 1. The number of amides is 1. The van der Waals surface area contributed by atoms with E-state index in [4.69, 9.17) is 10.5 Å². The normalized spacial score (nSPS) is 19.3. The smallest absolute Gasteiger partial charge is 0.241 e. The predicted molar refractivity (Wildman–Crippen MR) is 110 cm³/mol. The third-order valence-corrected chi connectivity index (χ3v) is 5.21. The molecule has 3 rings (SSSR count). The second-order valence-corrected chi connectivity index (χ2v) is 6.96. The molecule has 0 bridgehead atoms. The summed E-state index contributed by atoms with van der Waals surface area (Å²) in [7, 11) is 0. The van der Waals surface area contributed by atoms with Gasteiger partial charge in [-0.25, -0.2) is 0 Å². The zero-order valence-corrected chi connectivity index (χ0v) is 16.8. The Kier molecular flexibility index (Phi) is 10.5. The van der Waals surface area contributed by atoms with Crippen molar-refractivity contribution in [1.29, 1.82) is 0 Å². The molecule has 1 aromatic carbocycles. The van der Waals surface area contributed by atoms with E-state index in [9.17, 15) is 4.79 Å². The van der Waals surface area contributed by atoms with Crippen molar-refractivity contribution in [3.05, 3.63) is 29.8 Å². The monoisotopic (exact) mass is 403 g/mol. The fourth-order valence-corrected chi connectivity index (χ4v) is 3.56. The van der Waals surface area contributed by atoms with Crippen molar-refractivity contribution in [3.63, 3.8) is 0 Å². The number of halogens is 2. The van der Waals surface area contributed by atoms with Gasteiger partial charge >= 0.3 is 0 Å². The molecule has 2 heterocycles. The molecule has 0 aromatic heterocycles. The number of nitrogens with one attached hydrogen (secondary N) is 1. The summed E-state index contributed by atoms with van der Waals surface area (Å²) in [6.07, 6.45) is 5.46. The minimum absolute atomic E-state index is 0. The Morgan fingerprint density at radius 3 is 2.38 bits per heavy atom. The van der Waals surface area contributed by atoms with Gasteiger partial charge < -0.3 is 20.7 Å². The number of rotatable bonds is 6. The Morgan fingerprint density at radius 2 is 1.77 bits per heavy atom. The molecule has 0 saturated carbocycles. The Labute approximate surface area is 168 Å². The molecule has 2 fully saturated rings. The van der Waals surface area contributed by atoms with Gasteiger partial charge in [-0.05, 0) is 68.8 Å². The maximum Gasteiger partial charge on any atom is 0.241 e. The maximum atomic E-state index is 12.3. The molecule has 1 unspecified atom stereocenters. The molecular formula is C19H31Cl2N3O2. The van der Waals surface area contributed by atoms with Crippen LogP contribution < -0.4 is 11.1 Å². The van der Waals surface area contributed by atoms with Crippen LogP contribution in [0, 0.1) is 5.92 Å². The third-order valence-electron chi connectivity index (χ3n) is 5.21. The number of carbonyl (C=O) groups is 1. The van der Waals surface area contributed by atoms with Crippen molar-refractivity contribution in [2.24, 2.45) is 11.7 Å². The van der Waals surface area contributed by atoms with Crippen LogP contribution in [0.25, 0.3) is 0 Å². The van der Waals surface area contributed by atoms with E-state index in [-0.39, 0.29) is 36.6 Å². The average Bonchev–Trinajstić information content (AvgIpc) is 3.15. The summed E-state index contributed by atoms with van der Waals surface area (Å²) in [6.45, 7) is 5.01. The fourth-order valence-electron chi connectivity index (χ4n) is 3.56. The van der Waals surface area contributed by atoms with Crippen molar-refractivity contribution >= 4 is 36.4 Å².